The van der Waals surface area contributed by atoms with Crippen LogP contribution in [0.5, 0.6) is 5.75 Å². The predicted octanol–water partition coefficient (Wildman–Crippen LogP) is 7.31. The van der Waals surface area contributed by atoms with Crippen molar-refractivity contribution < 1.29 is 4.74 Å². The third-order valence-corrected chi connectivity index (χ3v) is 7.75. The standard InChI is InChI=1S/C31H36ClN3O/c1-24-7-5-11-29-31(24)33-30(23-36-28-14-12-27(32)13-15-28)35(29)19-6-10-26-17-21-34(22-18-26)20-16-25-8-3-2-4-9-25/h2-5,7-9,11-15,26H,6,10,16-23H2,1H3. The zero-order chi connectivity index (χ0) is 24.7. The van der Waals surface area contributed by atoms with Gasteiger partial charge in [-0.25, -0.2) is 4.98 Å². The SMILES string of the molecule is Cc1cccc2c1nc(COc1ccc(Cl)cc1)n2CCCC1CCN(CCc2ccccc2)CC1. The van der Waals surface area contributed by atoms with Gasteiger partial charge in [-0.3, -0.25) is 0 Å². The molecule has 1 saturated heterocycles. The van der Waals surface area contributed by atoms with Gasteiger partial charge in [0.05, 0.1) is 11.0 Å². The zero-order valence-electron chi connectivity index (χ0n) is 21.2. The quantitative estimate of drug-likeness (QED) is 0.228. The summed E-state index contributed by atoms with van der Waals surface area (Å²) in [5.74, 6) is 2.63. The van der Waals surface area contributed by atoms with Crippen molar-refractivity contribution in [1.82, 2.24) is 14.5 Å². The van der Waals surface area contributed by atoms with Crippen molar-refractivity contribution in [3.8, 4) is 5.75 Å². The van der Waals surface area contributed by atoms with E-state index in [4.69, 9.17) is 21.3 Å². The first-order chi connectivity index (χ1) is 17.7. The summed E-state index contributed by atoms with van der Waals surface area (Å²) >= 11 is 6.02. The molecule has 1 aliphatic rings. The van der Waals surface area contributed by atoms with E-state index >= 15 is 0 Å². The number of para-hydroxylation sites is 1. The number of ether oxygens (including phenoxy) is 1. The lowest BCUT2D eigenvalue weighted by Crippen LogP contribution is -2.35. The first kappa shape index (κ1) is 24.9. The highest BCUT2D eigenvalue weighted by Crippen LogP contribution is 2.26. The number of nitrogens with zero attached hydrogens (tertiary/aromatic N) is 3. The number of hydrogen-bond acceptors (Lipinski definition) is 3. The van der Waals surface area contributed by atoms with Crippen LogP contribution in [0.2, 0.25) is 5.02 Å². The maximum atomic E-state index is 6.07. The molecule has 4 aromatic rings. The van der Waals surface area contributed by atoms with E-state index in [2.05, 4.69) is 64.9 Å². The van der Waals surface area contributed by atoms with Crippen molar-refractivity contribution in [2.45, 2.75) is 52.2 Å². The molecule has 2 heterocycles. The molecule has 36 heavy (non-hydrogen) atoms. The Hall–Kier alpha value is -2.82. The predicted molar refractivity (Wildman–Crippen MR) is 149 cm³/mol. The highest BCUT2D eigenvalue weighted by atomic mass is 35.5. The molecule has 0 radical (unpaired) electrons. The van der Waals surface area contributed by atoms with Crippen LogP contribution in [-0.4, -0.2) is 34.1 Å². The first-order valence-corrected chi connectivity index (χ1v) is 13.6. The van der Waals surface area contributed by atoms with Crippen LogP contribution in [0.15, 0.2) is 72.8 Å². The van der Waals surface area contributed by atoms with E-state index in [-0.39, 0.29) is 0 Å². The topological polar surface area (TPSA) is 30.3 Å². The Kier molecular flexibility index (Phi) is 8.25. The molecule has 1 aromatic heterocycles. The summed E-state index contributed by atoms with van der Waals surface area (Å²) in [6, 6.07) is 24.8. The minimum atomic E-state index is 0.454. The number of aryl methyl sites for hydroxylation is 2. The number of halogens is 1. The van der Waals surface area contributed by atoms with Crippen molar-refractivity contribution in [3.63, 3.8) is 0 Å². The third kappa shape index (κ3) is 6.29. The maximum Gasteiger partial charge on any atom is 0.148 e. The van der Waals surface area contributed by atoms with Crippen molar-refractivity contribution in [1.29, 1.82) is 0 Å². The molecule has 188 valence electrons. The van der Waals surface area contributed by atoms with Gasteiger partial charge in [-0.15, -0.1) is 0 Å². The summed E-state index contributed by atoms with van der Waals surface area (Å²) < 4.78 is 8.44. The summed E-state index contributed by atoms with van der Waals surface area (Å²) in [5, 5.41) is 0.715. The molecule has 1 fully saturated rings. The average molecular weight is 502 g/mol. The summed E-state index contributed by atoms with van der Waals surface area (Å²) in [4.78, 5) is 7.61. The van der Waals surface area contributed by atoms with Gasteiger partial charge in [0, 0.05) is 18.1 Å². The number of rotatable bonds is 10. The number of imidazole rings is 1. The molecule has 0 spiro atoms. The minimum absolute atomic E-state index is 0.454. The van der Waals surface area contributed by atoms with E-state index in [1.807, 2.05) is 24.3 Å². The number of likely N-dealkylation sites (tertiary alicyclic amines) is 1. The normalized spacial score (nSPS) is 14.9. The highest BCUT2D eigenvalue weighted by molar-refractivity contribution is 6.30. The van der Waals surface area contributed by atoms with Gasteiger partial charge in [0.2, 0.25) is 0 Å². The molecule has 0 saturated carbocycles. The second kappa shape index (κ2) is 11.9. The van der Waals surface area contributed by atoms with Gasteiger partial charge >= 0.3 is 0 Å². The van der Waals surface area contributed by atoms with Gasteiger partial charge in [-0.05, 0) is 99.5 Å². The van der Waals surface area contributed by atoms with E-state index in [1.165, 1.54) is 62.0 Å². The second-order valence-electron chi connectivity index (χ2n) is 10.0. The molecule has 5 heteroatoms. The Bertz CT molecular complexity index is 1240. The molecule has 0 atom stereocenters. The smallest absolute Gasteiger partial charge is 0.148 e. The van der Waals surface area contributed by atoms with Crippen molar-refractivity contribution in [3.05, 3.63) is 94.8 Å². The Labute approximate surface area is 219 Å². The molecule has 1 aliphatic heterocycles. The molecule has 4 nitrogen and oxygen atoms in total. The summed E-state index contributed by atoms with van der Waals surface area (Å²) in [7, 11) is 0. The molecule has 5 rings (SSSR count). The Morgan fingerprint density at radius 1 is 0.917 bits per heavy atom. The fraction of sp³-hybridized carbons (Fsp3) is 0.387. The van der Waals surface area contributed by atoms with Crippen molar-refractivity contribution in [2.24, 2.45) is 5.92 Å². The van der Waals surface area contributed by atoms with Gasteiger partial charge in [0.15, 0.2) is 0 Å². The lowest BCUT2D eigenvalue weighted by molar-refractivity contribution is 0.178. The van der Waals surface area contributed by atoms with Crippen LogP contribution in [0.25, 0.3) is 11.0 Å². The lowest BCUT2D eigenvalue weighted by atomic mass is 9.92. The maximum absolute atomic E-state index is 6.07. The van der Waals surface area contributed by atoms with Crippen LogP contribution >= 0.6 is 11.6 Å². The fourth-order valence-corrected chi connectivity index (χ4v) is 5.47. The second-order valence-corrected chi connectivity index (χ2v) is 10.5. The van der Waals surface area contributed by atoms with Gasteiger partial charge in [0.25, 0.3) is 0 Å². The van der Waals surface area contributed by atoms with Gasteiger partial charge in [-0.1, -0.05) is 54.1 Å². The molecule has 0 bridgehead atoms. The minimum Gasteiger partial charge on any atom is -0.486 e. The number of aromatic nitrogens is 2. The molecule has 3 aromatic carbocycles. The van der Waals surface area contributed by atoms with Crippen molar-refractivity contribution >= 4 is 22.6 Å². The number of fused-ring (bicyclic) bond motifs is 1. The molecular weight excluding hydrogens is 466 g/mol. The van der Waals surface area contributed by atoms with Crippen LogP contribution < -0.4 is 4.74 Å². The summed E-state index contributed by atoms with van der Waals surface area (Å²) in [6.45, 7) is 7.20. The van der Waals surface area contributed by atoms with E-state index in [9.17, 15) is 0 Å². The Balaban J connectivity index is 1.15. The lowest BCUT2D eigenvalue weighted by Gasteiger charge is -2.32. The Morgan fingerprint density at radius 3 is 2.47 bits per heavy atom. The third-order valence-electron chi connectivity index (χ3n) is 7.50. The van der Waals surface area contributed by atoms with E-state index < -0.39 is 0 Å². The molecular formula is C31H36ClN3O. The fourth-order valence-electron chi connectivity index (χ4n) is 5.34. The van der Waals surface area contributed by atoms with Gasteiger partial charge in [0.1, 0.15) is 18.2 Å². The zero-order valence-corrected chi connectivity index (χ0v) is 22.0. The van der Waals surface area contributed by atoms with Crippen LogP contribution in [0.4, 0.5) is 0 Å². The summed E-state index contributed by atoms with van der Waals surface area (Å²) in [5.41, 5.74) is 4.94. The van der Waals surface area contributed by atoms with Gasteiger partial charge < -0.3 is 14.2 Å². The van der Waals surface area contributed by atoms with Crippen molar-refractivity contribution in [2.75, 3.05) is 19.6 Å². The average Bonchev–Trinajstić information content (AvgIpc) is 3.27. The highest BCUT2D eigenvalue weighted by Gasteiger charge is 2.19. The molecule has 0 N–H and O–H groups in total. The molecule has 0 amide bonds. The number of benzene rings is 3. The van der Waals surface area contributed by atoms with E-state index in [1.54, 1.807) is 0 Å². The summed E-state index contributed by atoms with van der Waals surface area (Å²) in [6.07, 6.45) is 6.22. The van der Waals surface area contributed by atoms with Gasteiger partial charge in [-0.2, -0.15) is 0 Å². The molecule has 0 unspecified atom stereocenters. The monoisotopic (exact) mass is 501 g/mol. The first-order valence-electron chi connectivity index (χ1n) is 13.2. The number of hydrogen-bond donors (Lipinski definition) is 0. The molecule has 0 aliphatic carbocycles. The van der Waals surface area contributed by atoms with E-state index in [0.717, 1.165) is 36.0 Å². The number of piperidine rings is 1. The van der Waals surface area contributed by atoms with Crippen LogP contribution in [0.1, 0.15) is 42.6 Å². The van der Waals surface area contributed by atoms with Crippen LogP contribution in [0.3, 0.4) is 0 Å². The Morgan fingerprint density at radius 2 is 1.69 bits per heavy atom. The van der Waals surface area contributed by atoms with Crippen LogP contribution in [0, 0.1) is 12.8 Å². The largest absolute Gasteiger partial charge is 0.486 e. The van der Waals surface area contributed by atoms with E-state index in [0.29, 0.717) is 11.6 Å². The van der Waals surface area contributed by atoms with Crippen LogP contribution in [-0.2, 0) is 19.6 Å².